The standard InChI is InChI=1S/C22H35F2N3O2/c1-16-14-18(25-27(16)19-7-10-22(23,24)11-8-19)15-17-6-5-12-26(13-9-17)20(28)29-21(2,3)4/h14,17,19H,5-13,15H2,1-4H3. The Balaban J connectivity index is 1.55. The van der Waals surface area contributed by atoms with E-state index in [1.54, 1.807) is 0 Å². The number of amides is 1. The molecule has 1 saturated carbocycles. The first-order chi connectivity index (χ1) is 13.5. The molecular formula is C22H35F2N3O2. The highest BCUT2D eigenvalue weighted by atomic mass is 19.3. The normalized spacial score (nSPS) is 23.7. The number of ether oxygens (including phenoxy) is 1. The zero-order chi connectivity index (χ0) is 21.2. The average Bonchev–Trinajstić information content (AvgIpc) is 2.81. The number of rotatable bonds is 3. The Kier molecular flexibility index (Phi) is 6.54. The van der Waals surface area contributed by atoms with Crippen molar-refractivity contribution < 1.29 is 18.3 Å². The van der Waals surface area contributed by atoms with E-state index in [1.807, 2.05) is 37.3 Å². The molecule has 2 heterocycles. The molecule has 0 N–H and O–H groups in total. The molecule has 164 valence electrons. The molecule has 0 aromatic carbocycles. The van der Waals surface area contributed by atoms with E-state index >= 15 is 0 Å². The van der Waals surface area contributed by atoms with E-state index in [4.69, 9.17) is 9.84 Å². The van der Waals surface area contributed by atoms with Gasteiger partial charge in [0.2, 0.25) is 5.92 Å². The summed E-state index contributed by atoms with van der Waals surface area (Å²) in [7, 11) is 0. The van der Waals surface area contributed by atoms with E-state index in [0.29, 0.717) is 25.3 Å². The van der Waals surface area contributed by atoms with Gasteiger partial charge in [-0.25, -0.2) is 13.6 Å². The molecule has 0 bridgehead atoms. The summed E-state index contributed by atoms with van der Waals surface area (Å²) in [5.41, 5.74) is 1.62. The molecule has 1 aliphatic heterocycles. The number of aryl methyl sites for hydroxylation is 1. The first-order valence-electron chi connectivity index (χ1n) is 10.9. The molecule has 0 spiro atoms. The molecule has 5 nitrogen and oxygen atoms in total. The number of carbonyl (C=O) groups is 1. The maximum absolute atomic E-state index is 13.5. The lowest BCUT2D eigenvalue weighted by Crippen LogP contribution is -2.37. The zero-order valence-electron chi connectivity index (χ0n) is 18.2. The summed E-state index contributed by atoms with van der Waals surface area (Å²) in [6.07, 6.45) is 4.48. The van der Waals surface area contributed by atoms with Crippen LogP contribution in [-0.4, -0.2) is 45.4 Å². The number of carbonyl (C=O) groups excluding carboxylic acids is 1. The number of alkyl halides is 2. The third-order valence-electron chi connectivity index (χ3n) is 6.00. The molecule has 2 aliphatic rings. The van der Waals surface area contributed by atoms with Gasteiger partial charge >= 0.3 is 6.09 Å². The number of aromatic nitrogens is 2. The van der Waals surface area contributed by atoms with Gasteiger partial charge in [0.15, 0.2) is 0 Å². The molecule has 2 fully saturated rings. The molecule has 1 aromatic rings. The third-order valence-corrected chi connectivity index (χ3v) is 6.00. The number of nitrogens with zero attached hydrogens (tertiary/aromatic N) is 3. The van der Waals surface area contributed by atoms with Crippen LogP contribution >= 0.6 is 0 Å². The van der Waals surface area contributed by atoms with Crippen molar-refractivity contribution in [2.45, 2.75) is 96.6 Å². The molecule has 29 heavy (non-hydrogen) atoms. The van der Waals surface area contributed by atoms with Crippen LogP contribution in [0.25, 0.3) is 0 Å². The first-order valence-corrected chi connectivity index (χ1v) is 10.9. The van der Waals surface area contributed by atoms with Crippen LogP contribution in [-0.2, 0) is 11.2 Å². The Hall–Kier alpha value is -1.66. The SMILES string of the molecule is Cc1cc(CC2CCCN(C(=O)OC(C)(C)C)CC2)nn1C1CCC(F)(F)CC1. The van der Waals surface area contributed by atoms with E-state index < -0.39 is 11.5 Å². The molecule has 7 heteroatoms. The summed E-state index contributed by atoms with van der Waals surface area (Å²) in [5, 5.41) is 4.78. The van der Waals surface area contributed by atoms with Gasteiger partial charge in [-0.3, -0.25) is 4.68 Å². The van der Waals surface area contributed by atoms with Crippen molar-refractivity contribution in [3.8, 4) is 0 Å². The lowest BCUT2D eigenvalue weighted by atomic mass is 9.92. The maximum Gasteiger partial charge on any atom is 0.410 e. The third kappa shape index (κ3) is 6.16. The Morgan fingerprint density at radius 3 is 2.55 bits per heavy atom. The maximum atomic E-state index is 13.5. The molecule has 1 aliphatic carbocycles. The highest BCUT2D eigenvalue weighted by Crippen LogP contribution is 2.38. The monoisotopic (exact) mass is 411 g/mol. The van der Waals surface area contributed by atoms with Gasteiger partial charge in [0, 0.05) is 31.6 Å². The fourth-order valence-electron chi connectivity index (χ4n) is 4.47. The average molecular weight is 412 g/mol. The predicted molar refractivity (Wildman–Crippen MR) is 108 cm³/mol. The molecule has 1 aromatic heterocycles. The number of hydrogen-bond acceptors (Lipinski definition) is 3. The largest absolute Gasteiger partial charge is 0.444 e. The minimum Gasteiger partial charge on any atom is -0.444 e. The first kappa shape index (κ1) is 22.0. The minimum absolute atomic E-state index is 0.0462. The molecule has 3 rings (SSSR count). The molecule has 1 atom stereocenters. The second kappa shape index (κ2) is 8.60. The summed E-state index contributed by atoms with van der Waals surface area (Å²) in [4.78, 5) is 14.2. The van der Waals surface area contributed by atoms with Gasteiger partial charge < -0.3 is 9.64 Å². The Bertz CT molecular complexity index is 701. The van der Waals surface area contributed by atoms with E-state index in [1.165, 1.54) is 0 Å². The molecule has 1 amide bonds. The van der Waals surface area contributed by atoms with Crippen molar-refractivity contribution in [2.24, 2.45) is 5.92 Å². The van der Waals surface area contributed by atoms with Gasteiger partial charge in [0.05, 0.1) is 11.7 Å². The molecular weight excluding hydrogens is 376 g/mol. The molecule has 0 radical (unpaired) electrons. The van der Waals surface area contributed by atoms with Gasteiger partial charge in [-0.1, -0.05) is 0 Å². The van der Waals surface area contributed by atoms with Crippen LogP contribution in [0.15, 0.2) is 6.07 Å². The Labute approximate surface area is 172 Å². The Morgan fingerprint density at radius 1 is 1.21 bits per heavy atom. The van der Waals surface area contributed by atoms with E-state index in [-0.39, 0.29) is 25.0 Å². The predicted octanol–water partition coefficient (Wildman–Crippen LogP) is 5.52. The summed E-state index contributed by atoms with van der Waals surface area (Å²) in [6, 6.07) is 2.18. The number of hydrogen-bond donors (Lipinski definition) is 0. The second-order valence-electron chi connectivity index (χ2n) is 9.78. The molecule has 1 saturated heterocycles. The van der Waals surface area contributed by atoms with Gasteiger partial charge in [-0.05, 0) is 78.2 Å². The highest BCUT2D eigenvalue weighted by molar-refractivity contribution is 5.68. The van der Waals surface area contributed by atoms with Crippen LogP contribution in [0.4, 0.5) is 13.6 Å². The minimum atomic E-state index is -2.51. The summed E-state index contributed by atoms with van der Waals surface area (Å²) >= 11 is 0. The second-order valence-corrected chi connectivity index (χ2v) is 9.78. The van der Waals surface area contributed by atoms with Crippen LogP contribution in [0.2, 0.25) is 0 Å². The van der Waals surface area contributed by atoms with Gasteiger partial charge in [-0.15, -0.1) is 0 Å². The van der Waals surface area contributed by atoms with Crippen LogP contribution in [0.3, 0.4) is 0 Å². The van der Waals surface area contributed by atoms with Crippen LogP contribution < -0.4 is 0 Å². The summed E-state index contributed by atoms with van der Waals surface area (Å²) in [6.45, 7) is 9.11. The van der Waals surface area contributed by atoms with Crippen LogP contribution in [0.1, 0.15) is 83.1 Å². The van der Waals surface area contributed by atoms with Crippen LogP contribution in [0.5, 0.6) is 0 Å². The lowest BCUT2D eigenvalue weighted by Gasteiger charge is -2.29. The number of likely N-dealkylation sites (tertiary alicyclic amines) is 1. The van der Waals surface area contributed by atoms with Crippen molar-refractivity contribution in [1.82, 2.24) is 14.7 Å². The fraction of sp³-hybridized carbons (Fsp3) is 0.818. The topological polar surface area (TPSA) is 47.4 Å². The summed E-state index contributed by atoms with van der Waals surface area (Å²) < 4.78 is 34.4. The zero-order valence-corrected chi connectivity index (χ0v) is 18.2. The summed E-state index contributed by atoms with van der Waals surface area (Å²) in [5.74, 6) is -2.04. The smallest absolute Gasteiger partial charge is 0.410 e. The van der Waals surface area contributed by atoms with E-state index in [2.05, 4.69) is 6.07 Å². The van der Waals surface area contributed by atoms with E-state index in [9.17, 15) is 13.6 Å². The van der Waals surface area contributed by atoms with Crippen molar-refractivity contribution in [2.75, 3.05) is 13.1 Å². The Morgan fingerprint density at radius 2 is 1.90 bits per heavy atom. The van der Waals surface area contributed by atoms with Crippen molar-refractivity contribution in [3.63, 3.8) is 0 Å². The quantitative estimate of drug-likeness (QED) is 0.658. The van der Waals surface area contributed by atoms with Crippen molar-refractivity contribution >= 4 is 6.09 Å². The highest BCUT2D eigenvalue weighted by Gasteiger charge is 2.36. The van der Waals surface area contributed by atoms with Gasteiger partial charge in [0.25, 0.3) is 0 Å². The van der Waals surface area contributed by atoms with Crippen molar-refractivity contribution in [3.05, 3.63) is 17.5 Å². The van der Waals surface area contributed by atoms with Crippen molar-refractivity contribution in [1.29, 1.82) is 0 Å². The van der Waals surface area contributed by atoms with Gasteiger partial charge in [0.1, 0.15) is 5.60 Å². The molecule has 1 unspecified atom stereocenters. The fourth-order valence-corrected chi connectivity index (χ4v) is 4.47. The lowest BCUT2D eigenvalue weighted by molar-refractivity contribution is -0.0452. The van der Waals surface area contributed by atoms with E-state index in [0.717, 1.165) is 43.6 Å². The van der Waals surface area contributed by atoms with Crippen LogP contribution in [0, 0.1) is 12.8 Å². The number of halogens is 2. The van der Waals surface area contributed by atoms with Gasteiger partial charge in [-0.2, -0.15) is 5.10 Å².